The van der Waals surface area contributed by atoms with Crippen LogP contribution in [0.2, 0.25) is 0 Å². The molecule has 0 aromatic heterocycles. The molecule has 0 spiro atoms. The number of hydrogen-bond acceptors (Lipinski definition) is 5. The van der Waals surface area contributed by atoms with Crippen LogP contribution in [0.3, 0.4) is 0 Å². The molecule has 1 N–H and O–H groups in total. The van der Waals surface area contributed by atoms with Crippen molar-refractivity contribution < 1.29 is 24.2 Å². The lowest BCUT2D eigenvalue weighted by atomic mass is 9.95. The number of amides is 1. The number of para-hydroxylation sites is 1. The molecule has 0 saturated carbocycles. The smallest absolute Gasteiger partial charge is 0.290 e. The maximum atomic E-state index is 12.6. The van der Waals surface area contributed by atoms with Gasteiger partial charge in [0.1, 0.15) is 5.75 Å². The van der Waals surface area contributed by atoms with Crippen molar-refractivity contribution >= 4 is 11.7 Å². The summed E-state index contributed by atoms with van der Waals surface area (Å²) in [4.78, 5) is 26.2. The maximum Gasteiger partial charge on any atom is 0.290 e. The van der Waals surface area contributed by atoms with Gasteiger partial charge in [0.05, 0.1) is 24.8 Å². The van der Waals surface area contributed by atoms with Crippen molar-refractivity contribution in [1.29, 1.82) is 0 Å². The van der Waals surface area contributed by atoms with Crippen molar-refractivity contribution in [2.24, 2.45) is 0 Å². The van der Waals surface area contributed by atoms with E-state index in [2.05, 4.69) is 0 Å². The quantitative estimate of drug-likeness (QED) is 0.895. The predicted molar refractivity (Wildman–Crippen MR) is 86.8 cm³/mol. The van der Waals surface area contributed by atoms with E-state index >= 15 is 0 Å². The number of benzene rings is 1. The maximum absolute atomic E-state index is 12.6. The standard InChI is InChI=1S/C18H21NO5/c1-11(20)15-16(13-7-3-4-8-14(13)23-2)19(18(22)17(15)21)10-12-6-5-9-24-12/h3-4,7-8,12,16,21H,5-6,9-10H2,1-2H3/t12-,16+/m0/s1. The number of ether oxygens (including phenoxy) is 2. The van der Waals surface area contributed by atoms with E-state index in [1.807, 2.05) is 12.1 Å². The van der Waals surface area contributed by atoms with Crippen molar-refractivity contribution in [3.63, 3.8) is 0 Å². The highest BCUT2D eigenvalue weighted by atomic mass is 16.5. The number of rotatable bonds is 5. The van der Waals surface area contributed by atoms with Gasteiger partial charge in [0.15, 0.2) is 11.5 Å². The first-order valence-electron chi connectivity index (χ1n) is 8.04. The van der Waals surface area contributed by atoms with Gasteiger partial charge < -0.3 is 19.5 Å². The van der Waals surface area contributed by atoms with E-state index in [4.69, 9.17) is 9.47 Å². The molecular weight excluding hydrogens is 310 g/mol. The van der Waals surface area contributed by atoms with Crippen LogP contribution in [-0.4, -0.2) is 48.1 Å². The lowest BCUT2D eigenvalue weighted by molar-refractivity contribution is -0.131. The van der Waals surface area contributed by atoms with Gasteiger partial charge in [-0.15, -0.1) is 0 Å². The van der Waals surface area contributed by atoms with Crippen LogP contribution in [0.4, 0.5) is 0 Å². The second kappa shape index (κ2) is 6.65. The zero-order valence-corrected chi connectivity index (χ0v) is 13.8. The Kier molecular flexibility index (Phi) is 4.57. The Balaban J connectivity index is 2.04. The molecular formula is C18H21NO5. The van der Waals surface area contributed by atoms with Gasteiger partial charge in [-0.1, -0.05) is 18.2 Å². The van der Waals surface area contributed by atoms with E-state index in [9.17, 15) is 14.7 Å². The third-order valence-electron chi connectivity index (χ3n) is 4.54. The highest BCUT2D eigenvalue weighted by Gasteiger charge is 2.44. The van der Waals surface area contributed by atoms with Crippen molar-refractivity contribution in [2.75, 3.05) is 20.3 Å². The second-order valence-electron chi connectivity index (χ2n) is 6.06. The van der Waals surface area contributed by atoms with Crippen LogP contribution in [0.5, 0.6) is 5.75 Å². The number of Topliss-reactive ketones (excluding diaryl/α,β-unsaturated/α-hetero) is 1. The van der Waals surface area contributed by atoms with Gasteiger partial charge in [-0.05, 0) is 25.8 Å². The van der Waals surface area contributed by atoms with Gasteiger partial charge in [-0.25, -0.2) is 0 Å². The van der Waals surface area contributed by atoms with Gasteiger partial charge >= 0.3 is 0 Å². The molecule has 1 aromatic carbocycles. The summed E-state index contributed by atoms with van der Waals surface area (Å²) in [6.07, 6.45) is 1.73. The first-order chi connectivity index (χ1) is 11.5. The van der Waals surface area contributed by atoms with Crippen molar-refractivity contribution in [3.05, 3.63) is 41.2 Å². The minimum atomic E-state index is -0.657. The molecule has 128 valence electrons. The summed E-state index contributed by atoms with van der Waals surface area (Å²) < 4.78 is 11.0. The molecule has 0 unspecified atom stereocenters. The Morgan fingerprint density at radius 1 is 1.42 bits per heavy atom. The van der Waals surface area contributed by atoms with Crippen molar-refractivity contribution in [3.8, 4) is 5.75 Å². The number of aliphatic hydroxyl groups excluding tert-OH is 1. The lowest BCUT2D eigenvalue weighted by Gasteiger charge is -2.29. The molecule has 6 heteroatoms. The van der Waals surface area contributed by atoms with Crippen LogP contribution >= 0.6 is 0 Å². The average Bonchev–Trinajstić information content (AvgIpc) is 3.17. The Morgan fingerprint density at radius 3 is 2.79 bits per heavy atom. The average molecular weight is 331 g/mol. The molecule has 0 aliphatic carbocycles. The summed E-state index contributed by atoms with van der Waals surface area (Å²) in [6, 6.07) is 6.56. The SMILES string of the molecule is COc1ccccc1[C@@H]1C(C(C)=O)=C(O)C(=O)N1C[C@@H]1CCCO1. The second-order valence-corrected chi connectivity index (χ2v) is 6.06. The first kappa shape index (κ1) is 16.5. The number of methoxy groups -OCH3 is 1. The fraction of sp³-hybridized carbons (Fsp3) is 0.444. The predicted octanol–water partition coefficient (Wildman–Crippen LogP) is 2.16. The van der Waals surface area contributed by atoms with Gasteiger partial charge in [-0.2, -0.15) is 0 Å². The van der Waals surface area contributed by atoms with Gasteiger partial charge in [0.2, 0.25) is 0 Å². The first-order valence-corrected chi connectivity index (χ1v) is 8.04. The van der Waals surface area contributed by atoms with E-state index < -0.39 is 17.7 Å². The number of aliphatic hydroxyl groups is 1. The minimum Gasteiger partial charge on any atom is -0.503 e. The molecule has 6 nitrogen and oxygen atoms in total. The van der Waals surface area contributed by atoms with Crippen LogP contribution in [0.1, 0.15) is 31.4 Å². The van der Waals surface area contributed by atoms with Crippen LogP contribution < -0.4 is 4.74 Å². The fourth-order valence-electron chi connectivity index (χ4n) is 3.42. The van der Waals surface area contributed by atoms with Gasteiger partial charge in [-0.3, -0.25) is 9.59 Å². The van der Waals surface area contributed by atoms with Crippen molar-refractivity contribution in [2.45, 2.75) is 31.9 Å². The molecule has 2 aliphatic rings. The molecule has 24 heavy (non-hydrogen) atoms. The number of ketones is 1. The lowest BCUT2D eigenvalue weighted by Crippen LogP contribution is -2.37. The number of hydrogen-bond donors (Lipinski definition) is 1. The van der Waals surface area contributed by atoms with E-state index in [1.165, 1.54) is 18.9 Å². The molecule has 1 amide bonds. The third kappa shape index (κ3) is 2.78. The molecule has 1 saturated heterocycles. The van der Waals surface area contributed by atoms with Crippen LogP contribution in [0.15, 0.2) is 35.6 Å². The number of nitrogens with zero attached hydrogens (tertiary/aromatic N) is 1. The van der Waals surface area contributed by atoms with Crippen LogP contribution in [-0.2, 0) is 14.3 Å². The summed E-state index contributed by atoms with van der Waals surface area (Å²) in [5.74, 6) is -0.768. The summed E-state index contributed by atoms with van der Waals surface area (Å²) in [5, 5.41) is 10.3. The Bertz CT molecular complexity index is 690. The Labute approximate surface area is 140 Å². The Morgan fingerprint density at radius 2 is 2.17 bits per heavy atom. The summed E-state index contributed by atoms with van der Waals surface area (Å²) in [7, 11) is 1.54. The molecule has 3 rings (SSSR count). The van der Waals surface area contributed by atoms with Crippen LogP contribution in [0.25, 0.3) is 0 Å². The number of carbonyl (C=O) groups is 2. The van der Waals surface area contributed by atoms with Gasteiger partial charge in [0, 0.05) is 18.7 Å². The minimum absolute atomic E-state index is 0.0785. The highest BCUT2D eigenvalue weighted by Crippen LogP contribution is 2.41. The molecule has 2 aliphatic heterocycles. The van der Waals surface area contributed by atoms with E-state index in [0.717, 1.165) is 12.8 Å². The normalized spacial score (nSPS) is 23.9. The third-order valence-corrected chi connectivity index (χ3v) is 4.54. The van der Waals surface area contributed by atoms with Crippen LogP contribution in [0, 0.1) is 0 Å². The summed E-state index contributed by atoms with van der Waals surface area (Å²) >= 11 is 0. The van der Waals surface area contributed by atoms with Gasteiger partial charge in [0.25, 0.3) is 5.91 Å². The molecule has 2 atom stereocenters. The zero-order chi connectivity index (χ0) is 17.3. The monoisotopic (exact) mass is 331 g/mol. The molecule has 0 radical (unpaired) electrons. The highest BCUT2D eigenvalue weighted by molar-refractivity contribution is 6.08. The summed E-state index contributed by atoms with van der Waals surface area (Å²) in [5.41, 5.74) is 0.795. The molecule has 1 aromatic rings. The van der Waals surface area contributed by atoms with E-state index in [-0.39, 0.29) is 17.5 Å². The van der Waals surface area contributed by atoms with E-state index in [0.29, 0.717) is 24.5 Å². The fourth-order valence-corrected chi connectivity index (χ4v) is 3.42. The summed E-state index contributed by atoms with van der Waals surface area (Å²) in [6.45, 7) is 2.37. The van der Waals surface area contributed by atoms with Crippen molar-refractivity contribution in [1.82, 2.24) is 4.90 Å². The topological polar surface area (TPSA) is 76.1 Å². The molecule has 0 bridgehead atoms. The molecule has 1 fully saturated rings. The van der Waals surface area contributed by atoms with E-state index in [1.54, 1.807) is 12.1 Å². The zero-order valence-electron chi connectivity index (χ0n) is 13.8. The largest absolute Gasteiger partial charge is 0.503 e. The number of carbonyl (C=O) groups excluding carboxylic acids is 2. The molecule has 2 heterocycles. The Hall–Kier alpha value is -2.34.